The van der Waals surface area contributed by atoms with E-state index in [0.717, 1.165) is 12.2 Å². The first kappa shape index (κ1) is 12.5. The Bertz CT molecular complexity index is 413. The highest BCUT2D eigenvalue weighted by atomic mass is 19.1. The Morgan fingerprint density at radius 1 is 1.38 bits per heavy atom. The molecule has 0 atom stereocenters. The predicted molar refractivity (Wildman–Crippen MR) is 63.8 cm³/mol. The average molecular weight is 220 g/mol. The number of halogens is 1. The third-order valence-corrected chi connectivity index (χ3v) is 2.23. The Labute approximate surface area is 96.3 Å². The van der Waals surface area contributed by atoms with Crippen LogP contribution in [-0.4, -0.2) is 13.6 Å². The first-order chi connectivity index (χ1) is 7.33. The molecule has 1 aromatic rings. The number of hydrogen-bond donors (Lipinski definition) is 0. The molecule has 0 aliphatic carbocycles. The van der Waals surface area contributed by atoms with Crippen molar-refractivity contribution in [3.8, 4) is 6.07 Å². The lowest BCUT2D eigenvalue weighted by Gasteiger charge is -2.28. The van der Waals surface area contributed by atoms with Crippen LogP contribution in [0.1, 0.15) is 26.3 Å². The lowest BCUT2D eigenvalue weighted by molar-refractivity contribution is 0.418. The summed E-state index contributed by atoms with van der Waals surface area (Å²) < 4.78 is 13.4. The Morgan fingerprint density at radius 2 is 2.00 bits per heavy atom. The number of nitriles is 1. The Balaban J connectivity index is 2.90. The average Bonchev–Trinajstić information content (AvgIpc) is 2.15. The van der Waals surface area contributed by atoms with Crippen molar-refractivity contribution < 1.29 is 4.39 Å². The summed E-state index contributed by atoms with van der Waals surface area (Å²) in [5, 5.41) is 8.63. The molecule has 86 valence electrons. The quantitative estimate of drug-likeness (QED) is 0.765. The third kappa shape index (κ3) is 3.23. The minimum Gasteiger partial charge on any atom is -0.374 e. The van der Waals surface area contributed by atoms with Crippen LogP contribution in [0.15, 0.2) is 18.2 Å². The molecule has 0 aliphatic heterocycles. The van der Waals surface area contributed by atoms with Gasteiger partial charge in [-0.25, -0.2) is 4.39 Å². The minimum absolute atomic E-state index is 0.0907. The van der Waals surface area contributed by atoms with E-state index in [2.05, 4.69) is 20.8 Å². The van der Waals surface area contributed by atoms with Gasteiger partial charge in [-0.15, -0.1) is 0 Å². The number of rotatable bonds is 2. The van der Waals surface area contributed by atoms with Crippen LogP contribution in [0, 0.1) is 22.6 Å². The van der Waals surface area contributed by atoms with Crippen molar-refractivity contribution in [3.63, 3.8) is 0 Å². The van der Waals surface area contributed by atoms with E-state index in [1.165, 1.54) is 12.1 Å². The highest BCUT2D eigenvalue weighted by molar-refractivity contribution is 5.50. The molecule has 0 N–H and O–H groups in total. The summed E-state index contributed by atoms with van der Waals surface area (Å²) in [6.07, 6.45) is 0. The third-order valence-electron chi connectivity index (χ3n) is 2.23. The molecule has 0 heterocycles. The standard InChI is InChI=1S/C13H17FN2/c1-13(2,3)9-16(4)11-6-5-10(8-15)12(14)7-11/h5-7H,9H2,1-4H3. The zero-order chi connectivity index (χ0) is 12.3. The summed E-state index contributed by atoms with van der Waals surface area (Å²) in [7, 11) is 1.92. The monoisotopic (exact) mass is 220 g/mol. The van der Waals surface area contributed by atoms with E-state index in [0.29, 0.717) is 0 Å². The fourth-order valence-electron chi connectivity index (χ4n) is 1.63. The maximum Gasteiger partial charge on any atom is 0.143 e. The Kier molecular flexibility index (Phi) is 3.54. The van der Waals surface area contributed by atoms with Gasteiger partial charge in [0.15, 0.2) is 0 Å². The number of nitrogens with zero attached hydrogens (tertiary/aromatic N) is 2. The fourth-order valence-corrected chi connectivity index (χ4v) is 1.63. The van der Waals surface area contributed by atoms with Crippen molar-refractivity contribution in [2.45, 2.75) is 20.8 Å². The zero-order valence-corrected chi connectivity index (χ0v) is 10.2. The summed E-state index contributed by atoms with van der Waals surface area (Å²) in [5.41, 5.74) is 1.04. The molecule has 0 spiro atoms. The van der Waals surface area contributed by atoms with E-state index < -0.39 is 5.82 Å². The van der Waals surface area contributed by atoms with Crippen molar-refractivity contribution in [2.75, 3.05) is 18.5 Å². The van der Waals surface area contributed by atoms with E-state index in [-0.39, 0.29) is 11.0 Å². The summed E-state index contributed by atoms with van der Waals surface area (Å²) in [6, 6.07) is 6.51. The fraction of sp³-hybridized carbons (Fsp3) is 0.462. The molecule has 0 saturated carbocycles. The van der Waals surface area contributed by atoms with Gasteiger partial charge in [0.05, 0.1) is 5.56 Å². The topological polar surface area (TPSA) is 27.0 Å². The van der Waals surface area contributed by atoms with Gasteiger partial charge in [-0.05, 0) is 23.6 Å². The van der Waals surface area contributed by atoms with Gasteiger partial charge in [-0.1, -0.05) is 20.8 Å². The second-order valence-corrected chi connectivity index (χ2v) is 5.19. The number of anilines is 1. The highest BCUT2D eigenvalue weighted by Crippen LogP contribution is 2.22. The normalized spacial score (nSPS) is 11.0. The van der Waals surface area contributed by atoms with E-state index in [1.54, 1.807) is 6.07 Å². The lowest BCUT2D eigenvalue weighted by atomic mass is 9.96. The molecular weight excluding hydrogens is 203 g/mol. The number of hydrogen-bond acceptors (Lipinski definition) is 2. The summed E-state index contributed by atoms with van der Waals surface area (Å²) in [6.45, 7) is 7.22. The van der Waals surface area contributed by atoms with Crippen molar-refractivity contribution in [1.82, 2.24) is 0 Å². The summed E-state index contributed by atoms with van der Waals surface area (Å²) >= 11 is 0. The molecule has 0 radical (unpaired) electrons. The van der Waals surface area contributed by atoms with Crippen LogP contribution in [0.5, 0.6) is 0 Å². The van der Waals surface area contributed by atoms with Crippen LogP contribution >= 0.6 is 0 Å². The van der Waals surface area contributed by atoms with E-state index in [4.69, 9.17) is 5.26 Å². The Hall–Kier alpha value is -1.56. The first-order valence-electron chi connectivity index (χ1n) is 5.24. The molecule has 0 fully saturated rings. The van der Waals surface area contributed by atoms with E-state index >= 15 is 0 Å². The maximum absolute atomic E-state index is 13.4. The zero-order valence-electron chi connectivity index (χ0n) is 10.2. The van der Waals surface area contributed by atoms with Gasteiger partial charge >= 0.3 is 0 Å². The van der Waals surface area contributed by atoms with Gasteiger partial charge in [-0.3, -0.25) is 0 Å². The molecular formula is C13H17FN2. The van der Waals surface area contributed by atoms with Crippen molar-refractivity contribution >= 4 is 5.69 Å². The van der Waals surface area contributed by atoms with Crippen molar-refractivity contribution in [1.29, 1.82) is 5.26 Å². The molecule has 1 rings (SSSR count). The summed E-state index contributed by atoms with van der Waals surface area (Å²) in [4.78, 5) is 1.99. The van der Waals surface area contributed by atoms with Gasteiger partial charge in [0.1, 0.15) is 11.9 Å². The van der Waals surface area contributed by atoms with Gasteiger partial charge < -0.3 is 4.90 Å². The Morgan fingerprint density at radius 3 is 2.44 bits per heavy atom. The van der Waals surface area contributed by atoms with Gasteiger partial charge in [-0.2, -0.15) is 5.26 Å². The molecule has 16 heavy (non-hydrogen) atoms. The van der Waals surface area contributed by atoms with Gasteiger partial charge in [0.2, 0.25) is 0 Å². The molecule has 3 heteroatoms. The van der Waals surface area contributed by atoms with E-state index in [9.17, 15) is 4.39 Å². The molecule has 1 aromatic carbocycles. The first-order valence-corrected chi connectivity index (χ1v) is 5.24. The summed E-state index contributed by atoms with van der Waals surface area (Å²) in [5.74, 6) is -0.458. The van der Waals surface area contributed by atoms with Gasteiger partial charge in [0.25, 0.3) is 0 Å². The van der Waals surface area contributed by atoms with Crippen LogP contribution in [0.2, 0.25) is 0 Å². The van der Waals surface area contributed by atoms with Crippen LogP contribution in [0.3, 0.4) is 0 Å². The molecule has 0 saturated heterocycles. The molecule has 0 unspecified atom stereocenters. The molecule has 0 aromatic heterocycles. The molecule has 2 nitrogen and oxygen atoms in total. The largest absolute Gasteiger partial charge is 0.374 e. The smallest absolute Gasteiger partial charge is 0.143 e. The predicted octanol–water partition coefficient (Wildman–Crippen LogP) is 3.18. The maximum atomic E-state index is 13.4. The SMILES string of the molecule is CN(CC(C)(C)C)c1ccc(C#N)c(F)c1. The van der Waals surface area contributed by atoms with Crippen LogP contribution < -0.4 is 4.90 Å². The van der Waals surface area contributed by atoms with E-state index in [1.807, 2.05) is 18.0 Å². The van der Waals surface area contributed by atoms with Crippen LogP contribution in [0.4, 0.5) is 10.1 Å². The van der Waals surface area contributed by atoms with Crippen molar-refractivity contribution in [2.24, 2.45) is 5.41 Å². The van der Waals surface area contributed by atoms with Crippen LogP contribution in [-0.2, 0) is 0 Å². The number of benzene rings is 1. The molecule has 0 aliphatic rings. The van der Waals surface area contributed by atoms with Crippen molar-refractivity contribution in [3.05, 3.63) is 29.6 Å². The highest BCUT2D eigenvalue weighted by Gasteiger charge is 2.14. The lowest BCUT2D eigenvalue weighted by Crippen LogP contribution is -2.29. The minimum atomic E-state index is -0.458. The van der Waals surface area contributed by atoms with Gasteiger partial charge in [0, 0.05) is 19.3 Å². The second kappa shape index (κ2) is 4.52. The molecule has 0 amide bonds. The second-order valence-electron chi connectivity index (χ2n) is 5.19. The van der Waals surface area contributed by atoms with Crippen LogP contribution in [0.25, 0.3) is 0 Å². The molecule has 0 bridgehead atoms.